The molecule has 0 aliphatic carbocycles. The van der Waals surface area contributed by atoms with Gasteiger partial charge in [-0.05, 0) is 50.3 Å². The molecule has 104 valence electrons. The van der Waals surface area contributed by atoms with Crippen LogP contribution in [0.2, 0.25) is 0 Å². The first-order chi connectivity index (χ1) is 9.08. The van der Waals surface area contributed by atoms with Gasteiger partial charge in [0.05, 0.1) is 4.92 Å². The molecule has 0 amide bonds. The number of ether oxygens (including phenoxy) is 1. The summed E-state index contributed by atoms with van der Waals surface area (Å²) in [5.41, 5.74) is -0.0967. The second-order valence-electron chi connectivity index (χ2n) is 3.18. The van der Waals surface area contributed by atoms with E-state index in [1.54, 1.807) is 13.8 Å². The van der Waals surface area contributed by atoms with Crippen LogP contribution in [0, 0.1) is 10.1 Å². The summed E-state index contributed by atoms with van der Waals surface area (Å²) >= 11 is 0. The van der Waals surface area contributed by atoms with Crippen molar-refractivity contribution in [2.24, 2.45) is 0 Å². The molecule has 0 unspecified atom stereocenters. The van der Waals surface area contributed by atoms with Crippen molar-refractivity contribution in [1.82, 2.24) is 0 Å². The van der Waals surface area contributed by atoms with Crippen molar-refractivity contribution in [1.29, 1.82) is 0 Å². The van der Waals surface area contributed by atoms with Crippen molar-refractivity contribution in [3.63, 3.8) is 0 Å². The van der Waals surface area contributed by atoms with Crippen LogP contribution >= 0.6 is 0 Å². The third-order valence-electron chi connectivity index (χ3n) is 2.05. The molecule has 0 aliphatic heterocycles. The lowest BCUT2D eigenvalue weighted by Gasteiger charge is -2.07. The molecule has 1 aromatic carbocycles. The summed E-state index contributed by atoms with van der Waals surface area (Å²) in [5.74, 6) is 0.709. The molecule has 1 aromatic rings. The minimum Gasteiger partial charge on any atom is -0.508 e. The van der Waals surface area contributed by atoms with E-state index in [4.69, 9.17) is 9.84 Å². The molecule has 1 N–H and O–H groups in total. The highest BCUT2D eigenvalue weighted by molar-refractivity contribution is 5.33. The van der Waals surface area contributed by atoms with Gasteiger partial charge in [-0.2, -0.15) is 0 Å². The number of phenolic OH excluding ortho intramolecular Hbond substituents is 1. The maximum Gasteiger partial charge on any atom is 0.306 e. The molecule has 0 atom stereocenters. The maximum atomic E-state index is 10.8. The topological polar surface area (TPSA) is 72.6 Å². The van der Waals surface area contributed by atoms with E-state index >= 15 is 0 Å². The molecule has 0 heterocycles. The van der Waals surface area contributed by atoms with Crippen LogP contribution in [-0.4, -0.2) is 10.0 Å². The molecule has 0 aromatic heterocycles. The lowest BCUT2D eigenvalue weighted by Crippen LogP contribution is -2.07. The monoisotopic (exact) mass is 265 g/mol. The summed E-state index contributed by atoms with van der Waals surface area (Å²) in [4.78, 5) is 10.2. The Labute approximate surface area is 113 Å². The van der Waals surface area contributed by atoms with Crippen LogP contribution in [-0.2, 0) is 0 Å². The van der Waals surface area contributed by atoms with Crippen LogP contribution in [0.4, 0.5) is 0 Å². The number of hydrogen-bond donors (Lipinski definition) is 1. The molecule has 0 spiro atoms. The first-order valence-corrected chi connectivity index (χ1v) is 6.02. The lowest BCUT2D eigenvalue weighted by atomic mass is 10.3. The normalized spacial score (nSPS) is 11.4. The first kappa shape index (κ1) is 16.7. The van der Waals surface area contributed by atoms with Crippen LogP contribution in [0.25, 0.3) is 0 Å². The zero-order chi connectivity index (χ0) is 14.8. The van der Waals surface area contributed by atoms with Crippen LogP contribution in [0.1, 0.15) is 27.7 Å². The molecule has 5 heteroatoms. The van der Waals surface area contributed by atoms with E-state index in [9.17, 15) is 10.1 Å². The minimum absolute atomic E-state index is 0.0967. The molecule has 0 fully saturated rings. The van der Waals surface area contributed by atoms with Gasteiger partial charge in [0.25, 0.3) is 0 Å². The van der Waals surface area contributed by atoms with E-state index < -0.39 is 4.92 Å². The predicted octanol–water partition coefficient (Wildman–Crippen LogP) is 3.88. The third-order valence-corrected chi connectivity index (χ3v) is 2.05. The highest BCUT2D eigenvalue weighted by Crippen LogP contribution is 2.21. The third kappa shape index (κ3) is 5.25. The van der Waals surface area contributed by atoms with Gasteiger partial charge in [-0.25, -0.2) is 0 Å². The van der Waals surface area contributed by atoms with E-state index in [0.29, 0.717) is 5.75 Å². The summed E-state index contributed by atoms with van der Waals surface area (Å²) in [6, 6.07) is 5.96. The Morgan fingerprint density at radius 1 is 1.21 bits per heavy atom. The molecule has 5 nitrogen and oxygen atoms in total. The minimum atomic E-state index is -0.504. The Hall–Kier alpha value is -2.30. The second-order valence-corrected chi connectivity index (χ2v) is 3.18. The Balaban J connectivity index is 0.00000154. The van der Waals surface area contributed by atoms with Crippen LogP contribution in [0.15, 0.2) is 47.9 Å². The summed E-state index contributed by atoms with van der Waals surface area (Å²) in [6.07, 6.45) is 2.89. The van der Waals surface area contributed by atoms with Crippen molar-refractivity contribution >= 4 is 0 Å². The average Bonchev–Trinajstić information content (AvgIpc) is 2.42. The largest absolute Gasteiger partial charge is 0.508 e. The fraction of sp³-hybridized carbons (Fsp3) is 0.286. The van der Waals surface area contributed by atoms with Gasteiger partial charge >= 0.3 is 5.70 Å². The molecule has 0 aliphatic rings. The molecule has 1 rings (SSSR count). The molecule has 0 saturated heterocycles. The van der Waals surface area contributed by atoms with Gasteiger partial charge in [0.1, 0.15) is 11.5 Å². The first-order valence-electron chi connectivity index (χ1n) is 6.02. The smallest absolute Gasteiger partial charge is 0.306 e. The standard InChI is InChI=1S/C12H13NO4.C2H6/c1-3-11(13(15)16)12(4-2)17-10-7-5-9(14)6-8-10;1-2/h3-8,14H,1-2H3;1-2H3/b11-3+,12-4+;. The van der Waals surface area contributed by atoms with Gasteiger partial charge in [0.2, 0.25) is 0 Å². The van der Waals surface area contributed by atoms with Crippen LogP contribution < -0.4 is 4.74 Å². The van der Waals surface area contributed by atoms with E-state index in [0.717, 1.165) is 0 Å². The number of allylic oxidation sites excluding steroid dienone is 2. The summed E-state index contributed by atoms with van der Waals surface area (Å²) < 4.78 is 5.37. The number of benzene rings is 1. The summed E-state index contributed by atoms with van der Waals surface area (Å²) in [6.45, 7) is 7.23. The Morgan fingerprint density at radius 2 is 1.74 bits per heavy atom. The Kier molecular flexibility index (Phi) is 7.68. The van der Waals surface area contributed by atoms with E-state index in [2.05, 4.69) is 0 Å². The van der Waals surface area contributed by atoms with Gasteiger partial charge in [-0.1, -0.05) is 13.8 Å². The zero-order valence-electron chi connectivity index (χ0n) is 11.6. The van der Waals surface area contributed by atoms with Gasteiger partial charge < -0.3 is 9.84 Å². The van der Waals surface area contributed by atoms with Crippen LogP contribution in [0.5, 0.6) is 11.5 Å². The highest BCUT2D eigenvalue weighted by Gasteiger charge is 2.17. The number of nitrogens with zero attached hydrogens (tertiary/aromatic N) is 1. The van der Waals surface area contributed by atoms with Crippen molar-refractivity contribution in [3.8, 4) is 11.5 Å². The highest BCUT2D eigenvalue weighted by atomic mass is 16.6. The Bertz CT molecular complexity index is 461. The fourth-order valence-electron chi connectivity index (χ4n) is 1.24. The zero-order valence-corrected chi connectivity index (χ0v) is 11.6. The quantitative estimate of drug-likeness (QED) is 0.388. The van der Waals surface area contributed by atoms with Crippen LogP contribution in [0.3, 0.4) is 0 Å². The van der Waals surface area contributed by atoms with Gasteiger partial charge in [0, 0.05) is 0 Å². The number of phenols is 1. The molecular weight excluding hydrogens is 246 g/mol. The fourth-order valence-corrected chi connectivity index (χ4v) is 1.24. The summed E-state index contributed by atoms with van der Waals surface area (Å²) in [7, 11) is 0. The van der Waals surface area contributed by atoms with Crippen molar-refractivity contribution in [2.75, 3.05) is 0 Å². The average molecular weight is 265 g/mol. The van der Waals surface area contributed by atoms with E-state index in [1.807, 2.05) is 13.8 Å². The SMILES string of the molecule is C/C=C(Oc1ccc(O)cc1)\C(=C/C)[N+](=O)[O-].CC. The van der Waals surface area contributed by atoms with Gasteiger partial charge in [-0.15, -0.1) is 0 Å². The lowest BCUT2D eigenvalue weighted by molar-refractivity contribution is -0.423. The molecule has 0 bridgehead atoms. The molecule has 0 radical (unpaired) electrons. The maximum absolute atomic E-state index is 10.8. The van der Waals surface area contributed by atoms with Crippen molar-refractivity contribution < 1.29 is 14.8 Å². The molecule has 19 heavy (non-hydrogen) atoms. The molecule has 0 saturated carbocycles. The van der Waals surface area contributed by atoms with Crippen molar-refractivity contribution in [3.05, 3.63) is 58.0 Å². The number of nitro groups is 1. The van der Waals surface area contributed by atoms with Gasteiger partial charge in [0.15, 0.2) is 5.76 Å². The number of rotatable bonds is 4. The van der Waals surface area contributed by atoms with Gasteiger partial charge in [-0.3, -0.25) is 10.1 Å². The predicted molar refractivity (Wildman–Crippen MR) is 74.6 cm³/mol. The second kappa shape index (κ2) is 8.74. The number of hydrogen-bond acceptors (Lipinski definition) is 4. The molecular formula is C14H19NO4. The van der Waals surface area contributed by atoms with E-state index in [-0.39, 0.29) is 17.2 Å². The number of aromatic hydroxyl groups is 1. The van der Waals surface area contributed by atoms with E-state index in [1.165, 1.54) is 36.4 Å². The van der Waals surface area contributed by atoms with Crippen molar-refractivity contribution in [2.45, 2.75) is 27.7 Å². The summed E-state index contributed by atoms with van der Waals surface area (Å²) in [5, 5.41) is 19.9. The Morgan fingerprint density at radius 3 is 2.11 bits per heavy atom.